The average Bonchev–Trinajstić information content (AvgIpc) is 2.57. The number of carbonyl (C=O) groups is 1. The van der Waals surface area contributed by atoms with Gasteiger partial charge in [0.05, 0.1) is 4.90 Å². The lowest BCUT2D eigenvalue weighted by molar-refractivity contribution is -0.138. The minimum atomic E-state index is -4.05. The van der Waals surface area contributed by atoms with E-state index in [0.29, 0.717) is 24.0 Å². The summed E-state index contributed by atoms with van der Waals surface area (Å²) in [6, 6.07) is -1.09. The minimum absolute atomic E-state index is 0.137. The molecule has 0 fully saturated rings. The fraction of sp³-hybridized carbons (Fsp3) is 0.600. The molecule has 1 atom stereocenters. The van der Waals surface area contributed by atoms with E-state index >= 15 is 0 Å². The molecule has 0 aromatic heterocycles. The van der Waals surface area contributed by atoms with Crippen LogP contribution in [0.4, 0.5) is 0 Å². The number of aliphatic carboxylic acids is 1. The molecule has 1 aromatic rings. The molecule has 9 heteroatoms. The predicted molar refractivity (Wildman–Crippen MR) is 112 cm³/mol. The summed E-state index contributed by atoms with van der Waals surface area (Å²) in [5.41, 5.74) is 8.27. The number of sulfonamides is 1. The van der Waals surface area contributed by atoms with E-state index in [1.807, 2.05) is 27.7 Å². The summed E-state index contributed by atoms with van der Waals surface area (Å²) in [6.45, 7) is 11.2. The molecule has 1 heterocycles. The van der Waals surface area contributed by atoms with Crippen LogP contribution in [0.25, 0.3) is 0 Å². The van der Waals surface area contributed by atoms with Crippen LogP contribution in [0, 0.1) is 20.8 Å². The zero-order valence-corrected chi connectivity index (χ0v) is 18.7. The summed E-state index contributed by atoms with van der Waals surface area (Å²) in [7, 11) is -4.05. The number of aliphatic imine (C=N–C) groups is 1. The predicted octanol–water partition coefficient (Wildman–Crippen LogP) is 2.56. The summed E-state index contributed by atoms with van der Waals surface area (Å²) < 4.78 is 34.6. The molecule has 0 amide bonds. The van der Waals surface area contributed by atoms with Crippen molar-refractivity contribution in [2.24, 2.45) is 10.7 Å². The lowest BCUT2D eigenvalue weighted by Crippen LogP contribution is -2.40. The zero-order valence-electron chi connectivity index (χ0n) is 17.9. The van der Waals surface area contributed by atoms with E-state index in [1.165, 1.54) is 0 Å². The van der Waals surface area contributed by atoms with Gasteiger partial charge in [0.25, 0.3) is 10.0 Å². The van der Waals surface area contributed by atoms with Crippen LogP contribution in [0.2, 0.25) is 0 Å². The zero-order chi connectivity index (χ0) is 22.1. The van der Waals surface area contributed by atoms with Gasteiger partial charge in [-0.15, -0.1) is 0 Å². The SMILES string of the molecule is CCCC(N=C(N)NS(=O)(=O)c1c(C)c(C)c2c(c1C)CCC(C)(C)O2)C(=O)O. The van der Waals surface area contributed by atoms with E-state index in [9.17, 15) is 18.3 Å². The molecule has 0 saturated heterocycles. The second-order valence-electron chi connectivity index (χ2n) is 8.14. The number of ether oxygens (including phenoxy) is 1. The number of carboxylic acids is 1. The Morgan fingerprint density at radius 1 is 1.28 bits per heavy atom. The average molecular weight is 426 g/mol. The van der Waals surface area contributed by atoms with Crippen LogP contribution < -0.4 is 15.2 Å². The number of hydrogen-bond acceptors (Lipinski definition) is 5. The van der Waals surface area contributed by atoms with Crippen molar-refractivity contribution in [3.8, 4) is 5.75 Å². The first kappa shape index (κ1) is 23.0. The third kappa shape index (κ3) is 4.83. The topological polar surface area (TPSA) is 131 Å². The van der Waals surface area contributed by atoms with Gasteiger partial charge < -0.3 is 15.6 Å². The van der Waals surface area contributed by atoms with E-state index in [1.54, 1.807) is 13.8 Å². The van der Waals surface area contributed by atoms with Gasteiger partial charge in [-0.1, -0.05) is 13.3 Å². The van der Waals surface area contributed by atoms with Crippen LogP contribution in [0.3, 0.4) is 0 Å². The number of guanidine groups is 1. The molecule has 2 rings (SSSR count). The van der Waals surface area contributed by atoms with Crippen LogP contribution in [0.5, 0.6) is 5.75 Å². The Morgan fingerprint density at radius 3 is 2.45 bits per heavy atom. The van der Waals surface area contributed by atoms with Crippen molar-refractivity contribution in [3.05, 3.63) is 22.3 Å². The molecule has 0 saturated carbocycles. The van der Waals surface area contributed by atoms with Gasteiger partial charge in [0.15, 0.2) is 6.04 Å². The Balaban J connectivity index is 2.48. The monoisotopic (exact) mass is 425 g/mol. The van der Waals surface area contributed by atoms with E-state index < -0.39 is 28.0 Å². The molecule has 1 aliphatic heterocycles. The molecule has 1 aliphatic rings. The molecule has 8 nitrogen and oxygen atoms in total. The highest BCUT2D eigenvalue weighted by Gasteiger charge is 2.33. The van der Waals surface area contributed by atoms with Crippen molar-refractivity contribution in [3.63, 3.8) is 0 Å². The van der Waals surface area contributed by atoms with Gasteiger partial charge in [-0.05, 0) is 76.1 Å². The second-order valence-corrected chi connectivity index (χ2v) is 9.76. The van der Waals surface area contributed by atoms with Crippen molar-refractivity contribution >= 4 is 22.0 Å². The molecule has 162 valence electrons. The fourth-order valence-electron chi connectivity index (χ4n) is 3.65. The molecule has 29 heavy (non-hydrogen) atoms. The number of rotatable bonds is 6. The van der Waals surface area contributed by atoms with Crippen LogP contribution in [0.15, 0.2) is 9.89 Å². The largest absolute Gasteiger partial charge is 0.487 e. The molecule has 4 N–H and O–H groups in total. The molecule has 0 bridgehead atoms. The number of nitrogens with two attached hydrogens (primary N) is 1. The van der Waals surface area contributed by atoms with Crippen molar-refractivity contribution in [2.45, 2.75) is 83.8 Å². The lowest BCUT2D eigenvalue weighted by Gasteiger charge is -2.35. The molecular weight excluding hydrogens is 394 g/mol. The Kier molecular flexibility index (Phi) is 6.51. The van der Waals surface area contributed by atoms with Gasteiger partial charge in [0.1, 0.15) is 11.4 Å². The van der Waals surface area contributed by atoms with Gasteiger partial charge in [0.2, 0.25) is 5.96 Å². The Morgan fingerprint density at radius 2 is 1.90 bits per heavy atom. The molecular formula is C20H31N3O5S. The highest BCUT2D eigenvalue weighted by atomic mass is 32.2. The highest BCUT2D eigenvalue weighted by Crippen LogP contribution is 2.42. The maximum atomic E-state index is 13.1. The first-order valence-electron chi connectivity index (χ1n) is 9.71. The van der Waals surface area contributed by atoms with Crippen molar-refractivity contribution < 1.29 is 23.1 Å². The smallest absolute Gasteiger partial charge is 0.328 e. The van der Waals surface area contributed by atoms with Crippen molar-refractivity contribution in [2.75, 3.05) is 0 Å². The van der Waals surface area contributed by atoms with E-state index in [0.717, 1.165) is 23.3 Å². The Hall–Kier alpha value is -2.29. The normalized spacial score (nSPS) is 17.2. The van der Waals surface area contributed by atoms with Gasteiger partial charge in [-0.2, -0.15) is 0 Å². The molecule has 0 spiro atoms. The van der Waals surface area contributed by atoms with E-state index in [4.69, 9.17) is 10.5 Å². The van der Waals surface area contributed by atoms with Crippen LogP contribution >= 0.6 is 0 Å². The van der Waals surface area contributed by atoms with Gasteiger partial charge in [-0.3, -0.25) is 0 Å². The maximum Gasteiger partial charge on any atom is 0.328 e. The molecule has 0 radical (unpaired) electrons. The number of carboxylic acid groups (broad SMARTS) is 1. The lowest BCUT2D eigenvalue weighted by atomic mass is 9.88. The van der Waals surface area contributed by atoms with Crippen LogP contribution in [-0.2, 0) is 21.2 Å². The van der Waals surface area contributed by atoms with E-state index in [2.05, 4.69) is 9.71 Å². The third-order valence-corrected chi connectivity index (χ3v) is 6.94. The number of nitrogens with zero attached hydrogens (tertiary/aromatic N) is 1. The first-order valence-corrected chi connectivity index (χ1v) is 11.2. The van der Waals surface area contributed by atoms with Gasteiger partial charge in [0, 0.05) is 0 Å². The third-order valence-electron chi connectivity index (χ3n) is 5.32. The Bertz CT molecular complexity index is 952. The molecule has 1 unspecified atom stereocenters. The molecule has 0 aliphatic carbocycles. The summed E-state index contributed by atoms with van der Waals surface area (Å²) in [4.78, 5) is 15.3. The Labute approximate surface area is 172 Å². The highest BCUT2D eigenvalue weighted by molar-refractivity contribution is 7.90. The van der Waals surface area contributed by atoms with Gasteiger partial charge in [-0.25, -0.2) is 22.9 Å². The number of fused-ring (bicyclic) bond motifs is 1. The van der Waals surface area contributed by atoms with Gasteiger partial charge >= 0.3 is 5.97 Å². The quantitative estimate of drug-likeness (QED) is 0.474. The number of hydrogen-bond donors (Lipinski definition) is 3. The van der Waals surface area contributed by atoms with Crippen LogP contribution in [-0.4, -0.2) is 37.1 Å². The van der Waals surface area contributed by atoms with E-state index in [-0.39, 0.29) is 16.9 Å². The van der Waals surface area contributed by atoms with Crippen LogP contribution in [0.1, 0.15) is 62.3 Å². The fourth-order valence-corrected chi connectivity index (χ4v) is 5.16. The van der Waals surface area contributed by atoms with Crippen molar-refractivity contribution in [1.82, 2.24) is 4.72 Å². The second kappa shape index (κ2) is 8.22. The summed E-state index contributed by atoms with van der Waals surface area (Å²) in [5, 5.41) is 9.21. The molecule has 1 aromatic carbocycles. The maximum absolute atomic E-state index is 13.1. The standard InChI is InChI=1S/C20H31N3O5S/c1-7-8-15(18(24)25)22-19(21)23-29(26,27)17-12(3)11(2)16-14(13(17)4)9-10-20(5,6)28-16/h15H,7-10H2,1-6H3,(H,24,25)(H3,21,22,23). The minimum Gasteiger partial charge on any atom is -0.487 e. The summed E-state index contributed by atoms with van der Waals surface area (Å²) in [5.74, 6) is -0.839. The number of nitrogens with one attached hydrogen (secondary N) is 1. The first-order chi connectivity index (χ1) is 13.3. The number of benzene rings is 1. The van der Waals surface area contributed by atoms with Crippen molar-refractivity contribution in [1.29, 1.82) is 0 Å². The summed E-state index contributed by atoms with van der Waals surface area (Å²) in [6.07, 6.45) is 2.33. The summed E-state index contributed by atoms with van der Waals surface area (Å²) >= 11 is 0.